The summed E-state index contributed by atoms with van der Waals surface area (Å²) >= 11 is 0. The van der Waals surface area contributed by atoms with Crippen LogP contribution in [0.15, 0.2) is 30.5 Å². The van der Waals surface area contributed by atoms with Crippen molar-refractivity contribution >= 4 is 18.3 Å². The molecule has 10 heteroatoms. The molecule has 1 N–H and O–H groups in total. The van der Waals surface area contributed by atoms with Crippen LogP contribution in [-0.2, 0) is 6.18 Å². The minimum absolute atomic E-state index is 0. The molecule has 1 aromatic heterocycles. The highest BCUT2D eigenvalue weighted by Gasteiger charge is 2.43. The second kappa shape index (κ2) is 7.95. The van der Waals surface area contributed by atoms with Crippen LogP contribution in [0.5, 0.6) is 0 Å². The number of carbonyl (C=O) groups is 1. The van der Waals surface area contributed by atoms with Crippen molar-refractivity contribution in [2.45, 2.75) is 25.4 Å². The minimum Gasteiger partial charge on any atom is -0.338 e. The zero-order valence-electron chi connectivity index (χ0n) is 15.5. The topological polar surface area (TPSA) is 50.2 Å². The molecule has 1 amide bonds. The molecule has 0 radical (unpaired) electrons. The molecule has 4 rings (SSSR count). The molecular weight excluding hydrogens is 412 g/mol. The first-order valence-corrected chi connectivity index (χ1v) is 9.20. The number of rotatable bonds is 2. The summed E-state index contributed by atoms with van der Waals surface area (Å²) in [5.74, 6) is -1.23. The lowest BCUT2D eigenvalue weighted by Gasteiger charge is -2.38. The first-order valence-electron chi connectivity index (χ1n) is 9.20. The van der Waals surface area contributed by atoms with Crippen molar-refractivity contribution in [1.82, 2.24) is 20.0 Å². The normalized spacial score (nSPS) is 18.7. The van der Waals surface area contributed by atoms with E-state index in [1.165, 1.54) is 17.0 Å². The van der Waals surface area contributed by atoms with Gasteiger partial charge in [0.2, 0.25) is 0 Å². The van der Waals surface area contributed by atoms with Gasteiger partial charge in [0, 0.05) is 19.6 Å². The maximum atomic E-state index is 13.8. The summed E-state index contributed by atoms with van der Waals surface area (Å²) in [6.07, 6.45) is -1.23. The van der Waals surface area contributed by atoms with Gasteiger partial charge in [0.25, 0.3) is 5.91 Å². The van der Waals surface area contributed by atoms with E-state index in [4.69, 9.17) is 0 Å². The van der Waals surface area contributed by atoms with E-state index in [0.717, 1.165) is 50.7 Å². The molecule has 0 bridgehead atoms. The van der Waals surface area contributed by atoms with Crippen molar-refractivity contribution in [3.8, 4) is 5.69 Å². The van der Waals surface area contributed by atoms with Crippen molar-refractivity contribution in [2.75, 3.05) is 26.2 Å². The fourth-order valence-electron chi connectivity index (χ4n) is 4.13. The molecule has 5 nitrogen and oxygen atoms in total. The highest BCUT2D eigenvalue weighted by atomic mass is 35.5. The van der Waals surface area contributed by atoms with Gasteiger partial charge in [0.15, 0.2) is 5.69 Å². The number of likely N-dealkylation sites (tertiary alicyclic amines) is 1. The molecule has 29 heavy (non-hydrogen) atoms. The number of carbonyl (C=O) groups excluding carboxylic acids is 1. The number of hydrogen-bond donors (Lipinski definition) is 1. The summed E-state index contributed by atoms with van der Waals surface area (Å²) in [4.78, 5) is 14.3. The van der Waals surface area contributed by atoms with E-state index in [0.29, 0.717) is 17.8 Å². The first kappa shape index (κ1) is 21.6. The summed E-state index contributed by atoms with van der Waals surface area (Å²) in [6.45, 7) is 2.70. The zero-order chi connectivity index (χ0) is 19.9. The van der Waals surface area contributed by atoms with Gasteiger partial charge in [0.05, 0.1) is 17.4 Å². The molecule has 2 saturated heterocycles. The Morgan fingerprint density at radius 2 is 1.76 bits per heavy atom. The van der Waals surface area contributed by atoms with Crippen LogP contribution in [-0.4, -0.2) is 46.8 Å². The molecule has 2 aromatic rings. The average Bonchev–Trinajstić information content (AvgIpc) is 3.30. The summed E-state index contributed by atoms with van der Waals surface area (Å²) in [7, 11) is 0. The number of nitrogens with one attached hydrogen (secondary N) is 1. The number of benzene rings is 1. The number of piperidine rings is 1. The van der Waals surface area contributed by atoms with Crippen molar-refractivity contribution in [3.63, 3.8) is 0 Å². The van der Waals surface area contributed by atoms with Crippen LogP contribution in [0.1, 0.15) is 35.3 Å². The molecule has 1 aromatic carbocycles. The summed E-state index contributed by atoms with van der Waals surface area (Å²) in [6, 6.07) is 4.50. The van der Waals surface area contributed by atoms with E-state index in [9.17, 15) is 22.4 Å². The molecule has 2 aliphatic rings. The van der Waals surface area contributed by atoms with Crippen LogP contribution in [0.3, 0.4) is 0 Å². The van der Waals surface area contributed by atoms with Gasteiger partial charge in [-0.25, -0.2) is 9.07 Å². The summed E-state index contributed by atoms with van der Waals surface area (Å²) in [5, 5.41) is 7.11. The molecule has 0 unspecified atom stereocenters. The van der Waals surface area contributed by atoms with Gasteiger partial charge in [-0.1, -0.05) is 0 Å². The Morgan fingerprint density at radius 1 is 1.10 bits per heavy atom. The Labute approximate surface area is 171 Å². The smallest absolute Gasteiger partial charge is 0.338 e. The van der Waals surface area contributed by atoms with Gasteiger partial charge >= 0.3 is 6.18 Å². The Morgan fingerprint density at radius 3 is 2.31 bits per heavy atom. The van der Waals surface area contributed by atoms with Gasteiger partial charge in [0.1, 0.15) is 5.82 Å². The SMILES string of the molecule is Cl.O=C(c1cnn(-c2ccc(F)cc2)c1C(F)(F)F)N1CCC2(CCNC2)CC1. The predicted octanol–water partition coefficient (Wildman–Crippen LogP) is 3.67. The fraction of sp³-hybridized carbons (Fsp3) is 0.474. The van der Waals surface area contributed by atoms with E-state index in [-0.39, 0.29) is 23.5 Å². The van der Waals surface area contributed by atoms with E-state index in [1.54, 1.807) is 0 Å². The van der Waals surface area contributed by atoms with Gasteiger partial charge in [-0.05, 0) is 55.5 Å². The third-order valence-electron chi connectivity index (χ3n) is 5.78. The quantitative estimate of drug-likeness (QED) is 0.737. The largest absolute Gasteiger partial charge is 0.434 e. The average molecular weight is 433 g/mol. The molecule has 0 saturated carbocycles. The standard InChI is InChI=1S/C19H20F4N4O.ClH/c20-13-1-3-14(4-2-13)27-16(19(21,22)23)15(11-25-27)17(28)26-9-6-18(7-10-26)5-8-24-12-18;/h1-4,11,24H,5-10,12H2;1H. The van der Waals surface area contributed by atoms with Crippen LogP contribution in [0.2, 0.25) is 0 Å². The maximum absolute atomic E-state index is 13.8. The summed E-state index contributed by atoms with van der Waals surface area (Å²) < 4.78 is 55.1. The van der Waals surface area contributed by atoms with Crippen LogP contribution in [0.4, 0.5) is 17.6 Å². The van der Waals surface area contributed by atoms with E-state index in [2.05, 4.69) is 10.4 Å². The number of hydrogen-bond acceptors (Lipinski definition) is 3. The van der Waals surface area contributed by atoms with Crippen molar-refractivity contribution in [3.05, 3.63) is 47.5 Å². The number of amides is 1. The first-order chi connectivity index (χ1) is 13.3. The Bertz CT molecular complexity index is 865. The fourth-order valence-corrected chi connectivity index (χ4v) is 4.13. The molecule has 158 valence electrons. The Kier molecular flexibility index (Phi) is 5.91. The maximum Gasteiger partial charge on any atom is 0.434 e. The van der Waals surface area contributed by atoms with Crippen molar-refractivity contribution in [1.29, 1.82) is 0 Å². The predicted molar refractivity (Wildman–Crippen MR) is 101 cm³/mol. The Balaban J connectivity index is 0.00000240. The third-order valence-corrected chi connectivity index (χ3v) is 5.78. The van der Waals surface area contributed by atoms with Crippen LogP contribution in [0, 0.1) is 11.2 Å². The van der Waals surface area contributed by atoms with Crippen LogP contribution in [0.25, 0.3) is 5.69 Å². The second-order valence-corrected chi connectivity index (χ2v) is 7.51. The molecular formula is C19H21ClF4N4O. The van der Waals surface area contributed by atoms with Gasteiger partial charge in [-0.3, -0.25) is 4.79 Å². The van der Waals surface area contributed by atoms with Gasteiger partial charge in [-0.15, -0.1) is 12.4 Å². The highest BCUT2D eigenvalue weighted by molar-refractivity contribution is 5.95. The lowest BCUT2D eigenvalue weighted by atomic mass is 9.78. The minimum atomic E-state index is -4.78. The summed E-state index contributed by atoms with van der Waals surface area (Å²) in [5.41, 5.74) is -1.41. The highest BCUT2D eigenvalue weighted by Crippen LogP contribution is 2.38. The van der Waals surface area contributed by atoms with Crippen LogP contribution >= 0.6 is 12.4 Å². The zero-order valence-corrected chi connectivity index (χ0v) is 16.3. The second-order valence-electron chi connectivity index (χ2n) is 7.51. The van der Waals surface area contributed by atoms with E-state index in [1.807, 2.05) is 0 Å². The Hall–Kier alpha value is -2.13. The van der Waals surface area contributed by atoms with E-state index >= 15 is 0 Å². The number of aromatic nitrogens is 2. The van der Waals surface area contributed by atoms with Gasteiger partial charge in [-0.2, -0.15) is 18.3 Å². The van der Waals surface area contributed by atoms with E-state index < -0.39 is 29.2 Å². The monoisotopic (exact) mass is 432 g/mol. The lowest BCUT2D eigenvalue weighted by Crippen LogP contribution is -2.44. The molecule has 2 aliphatic heterocycles. The lowest BCUT2D eigenvalue weighted by molar-refractivity contribution is -0.143. The molecule has 0 atom stereocenters. The molecule has 1 spiro atoms. The van der Waals surface area contributed by atoms with Crippen molar-refractivity contribution < 1.29 is 22.4 Å². The van der Waals surface area contributed by atoms with Crippen LogP contribution < -0.4 is 5.32 Å². The van der Waals surface area contributed by atoms with Gasteiger partial charge < -0.3 is 10.2 Å². The number of alkyl halides is 3. The molecule has 0 aliphatic carbocycles. The molecule has 3 heterocycles. The number of nitrogens with zero attached hydrogens (tertiary/aromatic N) is 3. The number of halogens is 5. The van der Waals surface area contributed by atoms with Crippen molar-refractivity contribution in [2.24, 2.45) is 5.41 Å². The molecule has 2 fully saturated rings. The third kappa shape index (κ3) is 4.11.